The van der Waals surface area contributed by atoms with Crippen molar-refractivity contribution in [1.82, 2.24) is 5.32 Å². The van der Waals surface area contributed by atoms with Gasteiger partial charge in [-0.05, 0) is 24.5 Å². The molecule has 0 spiro atoms. The van der Waals surface area contributed by atoms with Crippen LogP contribution < -0.4 is 5.32 Å². The van der Waals surface area contributed by atoms with E-state index < -0.39 is 0 Å². The number of benzene rings is 1. The minimum atomic E-state index is -0.176. The Morgan fingerprint density at radius 3 is 2.77 bits per heavy atom. The molecular formula is C11H15NO. The quantitative estimate of drug-likeness (QED) is 0.679. The highest BCUT2D eigenvalue weighted by molar-refractivity contribution is 5.29. The molecule has 0 radical (unpaired) electrons. The van der Waals surface area contributed by atoms with Gasteiger partial charge in [0.2, 0.25) is 0 Å². The summed E-state index contributed by atoms with van der Waals surface area (Å²) in [6.45, 7) is 2.83. The van der Waals surface area contributed by atoms with E-state index in [4.69, 9.17) is 0 Å². The third-order valence-electron chi connectivity index (χ3n) is 2.67. The Morgan fingerprint density at radius 2 is 2.15 bits per heavy atom. The van der Waals surface area contributed by atoms with Crippen molar-refractivity contribution < 1.29 is 5.11 Å². The molecule has 1 fully saturated rings. The van der Waals surface area contributed by atoms with Crippen LogP contribution >= 0.6 is 0 Å². The van der Waals surface area contributed by atoms with Crippen LogP contribution in [-0.4, -0.2) is 17.8 Å². The fraction of sp³-hybridized carbons (Fsp3) is 0.455. The van der Waals surface area contributed by atoms with Gasteiger partial charge in [-0.2, -0.15) is 0 Å². The van der Waals surface area contributed by atoms with Crippen LogP contribution in [0.5, 0.6) is 0 Å². The Labute approximate surface area is 78.6 Å². The molecule has 1 aliphatic heterocycles. The molecule has 0 aromatic heterocycles. The van der Waals surface area contributed by atoms with Crippen molar-refractivity contribution in [1.29, 1.82) is 0 Å². The van der Waals surface area contributed by atoms with Gasteiger partial charge < -0.3 is 10.4 Å². The first-order valence-electron chi connectivity index (χ1n) is 4.74. The molecule has 1 aliphatic rings. The second-order valence-electron chi connectivity index (χ2n) is 3.71. The summed E-state index contributed by atoms with van der Waals surface area (Å²) in [5.74, 6) is 0. The van der Waals surface area contributed by atoms with Gasteiger partial charge in [0.15, 0.2) is 0 Å². The highest BCUT2D eigenvalue weighted by Crippen LogP contribution is 2.25. The predicted octanol–water partition coefficient (Wildman–Crippen LogP) is 1.39. The fourth-order valence-corrected chi connectivity index (χ4v) is 1.93. The first-order valence-corrected chi connectivity index (χ1v) is 4.74. The molecule has 0 aliphatic carbocycles. The maximum Gasteiger partial charge on any atom is 0.0682 e. The molecule has 2 N–H and O–H groups in total. The maximum atomic E-state index is 9.39. The molecule has 70 valence electrons. The van der Waals surface area contributed by atoms with Gasteiger partial charge >= 0.3 is 0 Å². The van der Waals surface area contributed by atoms with E-state index in [1.54, 1.807) is 0 Å². The number of aliphatic hydroxyl groups is 1. The largest absolute Gasteiger partial charge is 0.392 e. The molecule has 2 heteroatoms. The van der Waals surface area contributed by atoms with E-state index in [9.17, 15) is 5.11 Å². The summed E-state index contributed by atoms with van der Waals surface area (Å²) in [5, 5.41) is 12.7. The Hall–Kier alpha value is -0.860. The van der Waals surface area contributed by atoms with E-state index in [1.807, 2.05) is 6.07 Å². The molecule has 0 amide bonds. The highest BCUT2D eigenvalue weighted by Gasteiger charge is 2.23. The van der Waals surface area contributed by atoms with Crippen molar-refractivity contribution in [2.45, 2.75) is 25.5 Å². The van der Waals surface area contributed by atoms with E-state index in [0.29, 0.717) is 6.04 Å². The Bertz CT molecular complexity index is 298. The summed E-state index contributed by atoms with van der Waals surface area (Å²) >= 11 is 0. The Balaban J connectivity index is 2.21. The van der Waals surface area contributed by atoms with E-state index in [1.165, 1.54) is 11.1 Å². The van der Waals surface area contributed by atoms with Gasteiger partial charge in [-0.15, -0.1) is 0 Å². The second-order valence-corrected chi connectivity index (χ2v) is 3.71. The number of rotatable bonds is 1. The number of hydrogen-bond donors (Lipinski definition) is 2. The highest BCUT2D eigenvalue weighted by atomic mass is 16.3. The van der Waals surface area contributed by atoms with Gasteiger partial charge in [-0.3, -0.25) is 0 Å². The van der Waals surface area contributed by atoms with Crippen molar-refractivity contribution in [2.75, 3.05) is 6.54 Å². The van der Waals surface area contributed by atoms with Crippen LogP contribution in [0.15, 0.2) is 24.3 Å². The molecule has 1 aromatic rings. The molecule has 2 unspecified atom stereocenters. The summed E-state index contributed by atoms with van der Waals surface area (Å²) in [6, 6.07) is 8.68. The second kappa shape index (κ2) is 3.48. The maximum absolute atomic E-state index is 9.39. The lowest BCUT2D eigenvalue weighted by molar-refractivity contribution is 0.193. The third kappa shape index (κ3) is 1.74. The van der Waals surface area contributed by atoms with Gasteiger partial charge in [0, 0.05) is 12.6 Å². The standard InChI is InChI=1S/C11H15NO/c1-8-4-2-3-5-10(8)11-6-9(13)7-12-11/h2-5,9,11-13H,6-7H2,1H3. The van der Waals surface area contributed by atoms with E-state index >= 15 is 0 Å². The van der Waals surface area contributed by atoms with E-state index in [2.05, 4.69) is 30.4 Å². The van der Waals surface area contributed by atoms with Crippen molar-refractivity contribution in [3.8, 4) is 0 Å². The molecule has 1 saturated heterocycles. The third-order valence-corrected chi connectivity index (χ3v) is 2.67. The number of nitrogens with one attached hydrogen (secondary N) is 1. The van der Waals surface area contributed by atoms with Crippen molar-refractivity contribution in [2.24, 2.45) is 0 Å². The smallest absolute Gasteiger partial charge is 0.0682 e. The van der Waals surface area contributed by atoms with E-state index in [0.717, 1.165) is 13.0 Å². The van der Waals surface area contributed by atoms with Crippen molar-refractivity contribution in [3.63, 3.8) is 0 Å². The summed E-state index contributed by atoms with van der Waals surface area (Å²) in [6.07, 6.45) is 0.662. The molecule has 13 heavy (non-hydrogen) atoms. The van der Waals surface area contributed by atoms with Crippen LogP contribution in [0.25, 0.3) is 0 Å². The Morgan fingerprint density at radius 1 is 1.38 bits per heavy atom. The molecular weight excluding hydrogens is 162 g/mol. The zero-order valence-corrected chi connectivity index (χ0v) is 7.83. The molecule has 2 rings (SSSR count). The number of aliphatic hydroxyl groups excluding tert-OH is 1. The van der Waals surface area contributed by atoms with Crippen LogP contribution in [0.4, 0.5) is 0 Å². The summed E-state index contributed by atoms with van der Waals surface area (Å²) in [5.41, 5.74) is 2.62. The van der Waals surface area contributed by atoms with Crippen molar-refractivity contribution in [3.05, 3.63) is 35.4 Å². The van der Waals surface area contributed by atoms with Crippen molar-refractivity contribution >= 4 is 0 Å². The minimum Gasteiger partial charge on any atom is -0.392 e. The molecule has 2 atom stereocenters. The lowest BCUT2D eigenvalue weighted by atomic mass is 10.00. The first kappa shape index (κ1) is 8.73. The van der Waals surface area contributed by atoms with Gasteiger partial charge in [0.1, 0.15) is 0 Å². The van der Waals surface area contributed by atoms with Gasteiger partial charge in [-0.25, -0.2) is 0 Å². The SMILES string of the molecule is Cc1ccccc1C1CC(O)CN1. The fourth-order valence-electron chi connectivity index (χ4n) is 1.93. The van der Waals surface area contributed by atoms with Crippen LogP contribution in [0, 0.1) is 6.92 Å². The summed E-state index contributed by atoms with van der Waals surface area (Å²) in [7, 11) is 0. The van der Waals surface area contributed by atoms with Crippen LogP contribution in [0.1, 0.15) is 23.6 Å². The monoisotopic (exact) mass is 177 g/mol. The summed E-state index contributed by atoms with van der Waals surface area (Å²) < 4.78 is 0. The average Bonchev–Trinajstić information content (AvgIpc) is 2.53. The molecule has 0 saturated carbocycles. The van der Waals surface area contributed by atoms with Crippen LogP contribution in [-0.2, 0) is 0 Å². The molecule has 1 heterocycles. The predicted molar refractivity (Wildman–Crippen MR) is 52.5 cm³/mol. The molecule has 2 nitrogen and oxygen atoms in total. The number of aryl methyl sites for hydroxylation is 1. The lowest BCUT2D eigenvalue weighted by Gasteiger charge is -2.12. The van der Waals surface area contributed by atoms with Gasteiger partial charge in [0.05, 0.1) is 6.10 Å². The summed E-state index contributed by atoms with van der Waals surface area (Å²) in [4.78, 5) is 0. The molecule has 0 bridgehead atoms. The van der Waals surface area contributed by atoms with Crippen LogP contribution in [0.3, 0.4) is 0 Å². The zero-order chi connectivity index (χ0) is 9.26. The van der Waals surface area contributed by atoms with Gasteiger partial charge in [0.25, 0.3) is 0 Å². The van der Waals surface area contributed by atoms with Gasteiger partial charge in [-0.1, -0.05) is 24.3 Å². The Kier molecular flexibility index (Phi) is 2.34. The average molecular weight is 177 g/mol. The zero-order valence-electron chi connectivity index (χ0n) is 7.83. The van der Waals surface area contributed by atoms with Crippen LogP contribution in [0.2, 0.25) is 0 Å². The first-order chi connectivity index (χ1) is 6.27. The van der Waals surface area contributed by atoms with E-state index in [-0.39, 0.29) is 6.10 Å². The number of hydrogen-bond acceptors (Lipinski definition) is 2. The molecule has 1 aromatic carbocycles. The number of β-amino-alcohol motifs (C(OH)–C–C–N with tert-alkyl or cyclic N) is 1. The topological polar surface area (TPSA) is 32.3 Å². The minimum absolute atomic E-state index is 0.176. The lowest BCUT2D eigenvalue weighted by Crippen LogP contribution is -2.15. The normalized spacial score (nSPS) is 27.8.